The zero-order chi connectivity index (χ0) is 16.5. The van der Waals surface area contributed by atoms with Gasteiger partial charge in [0, 0.05) is 38.3 Å². The fourth-order valence-electron chi connectivity index (χ4n) is 1.03. The van der Waals surface area contributed by atoms with E-state index in [-0.39, 0.29) is 11.7 Å². The van der Waals surface area contributed by atoms with Crippen molar-refractivity contribution in [2.24, 2.45) is 0 Å². The third kappa shape index (κ3) is 20.1. The standard InChI is InChI=1S/C12H24O3S7/c1-22(15)7-6-17-9-19-11-20-10-18-8-12(14)21-5-4-16-3-2-13/h13H,2-11H2,1H3. The molecule has 10 heteroatoms. The summed E-state index contributed by atoms with van der Waals surface area (Å²) in [6.45, 7) is 0.213. The Hall–Kier alpha value is 2.04. The van der Waals surface area contributed by atoms with E-state index < -0.39 is 11.2 Å². The van der Waals surface area contributed by atoms with Crippen molar-refractivity contribution in [2.45, 2.75) is 0 Å². The van der Waals surface area contributed by atoms with Gasteiger partial charge >= 0.3 is 0 Å². The number of hydrogen-bond donors (Lipinski definition) is 1. The summed E-state index contributed by atoms with van der Waals surface area (Å²) in [6.07, 6.45) is 1.74. The van der Waals surface area contributed by atoms with Crippen LogP contribution < -0.4 is 0 Å². The lowest BCUT2D eigenvalue weighted by molar-refractivity contribution is -0.108. The molecule has 0 bridgehead atoms. The molecule has 0 aliphatic heterocycles. The first-order valence-corrected chi connectivity index (χ1v) is 15.1. The van der Waals surface area contributed by atoms with Crippen molar-refractivity contribution in [2.75, 3.05) is 62.6 Å². The Morgan fingerprint density at radius 1 is 0.955 bits per heavy atom. The fourth-order valence-corrected chi connectivity index (χ4v) is 8.54. The molecule has 0 saturated heterocycles. The van der Waals surface area contributed by atoms with Crippen molar-refractivity contribution < 1.29 is 14.5 Å². The second-order valence-corrected chi connectivity index (χ2v) is 12.9. The maximum Gasteiger partial charge on any atom is 0.198 e. The summed E-state index contributed by atoms with van der Waals surface area (Å²) >= 11 is 9.68. The maximum absolute atomic E-state index is 11.6. The van der Waals surface area contributed by atoms with Gasteiger partial charge in [0.1, 0.15) is 5.75 Å². The normalized spacial score (nSPS) is 12.5. The van der Waals surface area contributed by atoms with Crippen molar-refractivity contribution in [3.63, 3.8) is 0 Å². The molecule has 0 rings (SSSR count). The molecule has 0 saturated carbocycles. The Bertz CT molecular complexity index is 257. The first-order valence-electron chi connectivity index (χ1n) is 6.62. The molecule has 3 nitrogen and oxygen atoms in total. The number of rotatable bonds is 16. The quantitative estimate of drug-likeness (QED) is 0.221. The van der Waals surface area contributed by atoms with E-state index >= 15 is 0 Å². The van der Waals surface area contributed by atoms with Gasteiger partial charge < -0.3 is 9.66 Å². The minimum atomic E-state index is -0.671. The van der Waals surface area contributed by atoms with Crippen LogP contribution in [0, 0.1) is 0 Å². The van der Waals surface area contributed by atoms with E-state index in [9.17, 15) is 9.35 Å². The highest BCUT2D eigenvalue weighted by Crippen LogP contribution is 2.22. The first kappa shape index (κ1) is 24.0. The van der Waals surface area contributed by atoms with Gasteiger partial charge in [-0.3, -0.25) is 4.79 Å². The Balaban J connectivity index is 3.13. The van der Waals surface area contributed by atoms with Gasteiger partial charge in [0.25, 0.3) is 0 Å². The molecule has 0 spiro atoms. The molecule has 132 valence electrons. The zero-order valence-electron chi connectivity index (χ0n) is 12.7. The van der Waals surface area contributed by atoms with Crippen LogP contribution in [0.15, 0.2) is 0 Å². The van der Waals surface area contributed by atoms with Crippen molar-refractivity contribution in [1.29, 1.82) is 0 Å². The molecule has 0 heterocycles. The summed E-state index contributed by atoms with van der Waals surface area (Å²) in [5, 5.41) is 11.9. The highest BCUT2D eigenvalue weighted by atomic mass is 32.2. The highest BCUT2D eigenvalue weighted by molar-refractivity contribution is 8.26. The molecule has 1 N–H and O–H groups in total. The average molecular weight is 441 g/mol. The number of carbonyl (C=O) groups excluding carboxylic acids is 1. The summed E-state index contributed by atoms with van der Waals surface area (Å²) in [7, 11) is 0. The lowest BCUT2D eigenvalue weighted by Crippen LogP contribution is -2.05. The van der Waals surface area contributed by atoms with Crippen molar-refractivity contribution in [3.8, 4) is 0 Å². The van der Waals surface area contributed by atoms with Crippen LogP contribution in [0.2, 0.25) is 0 Å². The van der Waals surface area contributed by atoms with Gasteiger partial charge in [-0.2, -0.15) is 11.8 Å². The Morgan fingerprint density at radius 2 is 1.64 bits per heavy atom. The van der Waals surface area contributed by atoms with E-state index in [1.165, 1.54) is 11.8 Å². The smallest absolute Gasteiger partial charge is 0.198 e. The third-order valence-electron chi connectivity index (χ3n) is 1.96. The van der Waals surface area contributed by atoms with E-state index in [4.69, 9.17) is 5.11 Å². The maximum atomic E-state index is 11.6. The monoisotopic (exact) mass is 440 g/mol. The van der Waals surface area contributed by atoms with Crippen LogP contribution >= 0.6 is 70.6 Å². The molecule has 0 amide bonds. The summed E-state index contributed by atoms with van der Waals surface area (Å²) < 4.78 is 10.9. The fraction of sp³-hybridized carbons (Fsp3) is 0.917. The Kier molecular flexibility index (Phi) is 21.2. The predicted octanol–water partition coefficient (Wildman–Crippen LogP) is 3.16. The zero-order valence-corrected chi connectivity index (χ0v) is 18.4. The van der Waals surface area contributed by atoms with Crippen molar-refractivity contribution >= 4 is 86.9 Å². The van der Waals surface area contributed by atoms with Gasteiger partial charge in [-0.15, -0.1) is 47.0 Å². The number of aliphatic hydroxyl groups excluding tert-OH is 1. The van der Waals surface area contributed by atoms with Gasteiger partial charge in [0.15, 0.2) is 5.12 Å². The van der Waals surface area contributed by atoms with Crippen LogP contribution in [0.4, 0.5) is 0 Å². The van der Waals surface area contributed by atoms with Gasteiger partial charge in [0.2, 0.25) is 0 Å². The molecule has 22 heavy (non-hydrogen) atoms. The number of aliphatic hydroxyl groups is 1. The SMILES string of the molecule is C[S+]([O-])CCSCSCSCSCC(=O)SCCSCCO. The second-order valence-electron chi connectivity index (χ2n) is 3.85. The van der Waals surface area contributed by atoms with Crippen molar-refractivity contribution in [3.05, 3.63) is 0 Å². The van der Waals surface area contributed by atoms with Crippen molar-refractivity contribution in [1.82, 2.24) is 0 Å². The minimum Gasteiger partial charge on any atom is -0.617 e. The van der Waals surface area contributed by atoms with E-state index in [2.05, 4.69) is 0 Å². The van der Waals surface area contributed by atoms with Gasteiger partial charge in [-0.1, -0.05) is 22.9 Å². The number of carbonyl (C=O) groups is 1. The van der Waals surface area contributed by atoms with Crippen LogP contribution in [0.3, 0.4) is 0 Å². The molecule has 0 aliphatic rings. The lowest BCUT2D eigenvalue weighted by atomic mass is 10.9. The molecular formula is C12H24O3S7. The molecule has 0 aromatic carbocycles. The topological polar surface area (TPSA) is 60.4 Å². The largest absolute Gasteiger partial charge is 0.617 e. The van der Waals surface area contributed by atoms with Gasteiger partial charge in [-0.25, -0.2) is 0 Å². The predicted molar refractivity (Wildman–Crippen MR) is 116 cm³/mol. The average Bonchev–Trinajstić information content (AvgIpc) is 2.48. The van der Waals surface area contributed by atoms with E-state index in [0.717, 1.165) is 44.0 Å². The molecule has 1 unspecified atom stereocenters. The summed E-state index contributed by atoms with van der Waals surface area (Å²) in [5.41, 5.74) is 0. The van der Waals surface area contributed by atoms with Crippen LogP contribution in [-0.4, -0.2) is 77.4 Å². The molecule has 0 fully saturated rings. The Labute approximate surface area is 163 Å². The molecular weight excluding hydrogens is 417 g/mol. The van der Waals surface area contributed by atoms with Crippen LogP contribution in [-0.2, 0) is 16.0 Å². The summed E-state index contributed by atoms with van der Waals surface area (Å²) in [5.74, 6) is 4.87. The van der Waals surface area contributed by atoms with Crippen LogP contribution in [0.5, 0.6) is 0 Å². The molecule has 1 atom stereocenters. The first-order chi connectivity index (χ1) is 10.7. The number of thioether (sulfide) groups is 6. The third-order valence-corrected chi connectivity index (χ3v) is 10.2. The summed E-state index contributed by atoms with van der Waals surface area (Å²) in [4.78, 5) is 11.6. The summed E-state index contributed by atoms with van der Waals surface area (Å²) in [6, 6.07) is 0. The highest BCUT2D eigenvalue weighted by Gasteiger charge is 2.03. The van der Waals surface area contributed by atoms with Crippen LogP contribution in [0.25, 0.3) is 0 Å². The van der Waals surface area contributed by atoms with Gasteiger partial charge in [-0.05, 0) is 0 Å². The number of hydrogen-bond acceptors (Lipinski definition) is 9. The van der Waals surface area contributed by atoms with E-state index in [1.807, 2.05) is 35.3 Å². The molecule has 0 aromatic heterocycles. The molecule has 0 aromatic rings. The molecule has 0 aliphatic carbocycles. The lowest BCUT2D eigenvalue weighted by Gasteiger charge is -2.04. The van der Waals surface area contributed by atoms with Crippen LogP contribution in [0.1, 0.15) is 0 Å². The second kappa shape index (κ2) is 19.4. The van der Waals surface area contributed by atoms with E-state index in [0.29, 0.717) is 5.75 Å². The Morgan fingerprint density at radius 3 is 2.32 bits per heavy atom. The molecule has 0 radical (unpaired) electrons. The van der Waals surface area contributed by atoms with E-state index in [1.54, 1.807) is 29.8 Å². The van der Waals surface area contributed by atoms with Gasteiger partial charge in [0.05, 0.1) is 18.6 Å². The minimum absolute atomic E-state index is 0.213.